The number of rotatable bonds is 5. The Kier molecular flexibility index (Phi) is 4.90. The highest BCUT2D eigenvalue weighted by molar-refractivity contribution is 7.13. The summed E-state index contributed by atoms with van der Waals surface area (Å²) < 4.78 is 8.66. The molecule has 5 rings (SSSR count). The van der Waals surface area contributed by atoms with Crippen molar-refractivity contribution in [1.82, 2.24) is 14.2 Å². The lowest BCUT2D eigenvalue weighted by atomic mass is 10.1. The first-order chi connectivity index (χ1) is 15.2. The lowest BCUT2D eigenvalue weighted by molar-refractivity contribution is 0.427. The van der Waals surface area contributed by atoms with Gasteiger partial charge in [0, 0.05) is 12.0 Å². The lowest BCUT2D eigenvalue weighted by Gasteiger charge is -2.13. The number of hydrogen-bond donors (Lipinski definition) is 0. The molecule has 2 heterocycles. The summed E-state index contributed by atoms with van der Waals surface area (Å²) >= 11 is 1.40. The molecular weight excluding hydrogens is 408 g/mol. The molecule has 7 heteroatoms. The second-order valence-electron chi connectivity index (χ2n) is 7.06. The van der Waals surface area contributed by atoms with E-state index in [4.69, 9.17) is 9.68 Å². The maximum Gasteiger partial charge on any atom is 0.269 e. The summed E-state index contributed by atoms with van der Waals surface area (Å²) in [5, 5.41) is 18.2. The molecule has 0 fully saturated rings. The Labute approximate surface area is 181 Å². The van der Waals surface area contributed by atoms with Crippen molar-refractivity contribution in [3.8, 4) is 17.5 Å². The third-order valence-electron chi connectivity index (χ3n) is 5.06. The van der Waals surface area contributed by atoms with E-state index in [0.29, 0.717) is 29.2 Å². The maximum absolute atomic E-state index is 13.1. The van der Waals surface area contributed by atoms with Gasteiger partial charge in [0.05, 0.1) is 21.7 Å². The summed E-state index contributed by atoms with van der Waals surface area (Å²) in [4.78, 5) is 13.1. The molecule has 0 saturated heterocycles. The second kappa shape index (κ2) is 8.01. The Morgan fingerprint density at radius 2 is 1.71 bits per heavy atom. The SMILES string of the molecule is N#Cc1ccc(-c2nnc(C(Cc3ccccc3)n3sc4ccccc4c3=O)o2)cc1. The van der Waals surface area contributed by atoms with Gasteiger partial charge in [-0.2, -0.15) is 5.26 Å². The monoisotopic (exact) mass is 424 g/mol. The van der Waals surface area contributed by atoms with Crippen LogP contribution in [0, 0.1) is 11.3 Å². The summed E-state index contributed by atoms with van der Waals surface area (Å²) in [5.74, 6) is 0.726. The van der Waals surface area contributed by atoms with Crippen LogP contribution in [0.15, 0.2) is 88.1 Å². The summed E-state index contributed by atoms with van der Waals surface area (Å²) in [6.07, 6.45) is 0.544. The lowest BCUT2D eigenvalue weighted by Crippen LogP contribution is -2.22. The number of nitrogens with zero attached hydrogens (tertiary/aromatic N) is 4. The normalized spacial score (nSPS) is 12.0. The van der Waals surface area contributed by atoms with E-state index in [1.807, 2.05) is 54.6 Å². The van der Waals surface area contributed by atoms with E-state index in [1.54, 1.807) is 28.2 Å². The molecule has 0 aliphatic heterocycles. The first-order valence-electron chi connectivity index (χ1n) is 9.71. The van der Waals surface area contributed by atoms with Gasteiger partial charge in [0.25, 0.3) is 5.56 Å². The van der Waals surface area contributed by atoms with Crippen molar-refractivity contribution >= 4 is 21.6 Å². The van der Waals surface area contributed by atoms with Gasteiger partial charge in [0.15, 0.2) is 0 Å². The molecule has 1 atom stereocenters. The van der Waals surface area contributed by atoms with E-state index in [2.05, 4.69) is 16.3 Å². The molecule has 0 aliphatic carbocycles. The minimum Gasteiger partial charge on any atom is -0.418 e. The number of fused-ring (bicyclic) bond motifs is 1. The highest BCUT2D eigenvalue weighted by Crippen LogP contribution is 2.29. The molecule has 0 saturated carbocycles. The maximum atomic E-state index is 13.1. The zero-order chi connectivity index (χ0) is 21.2. The standard InChI is InChI=1S/C24H16N4O2S/c25-15-17-10-12-18(13-11-17)22-26-27-23(30-22)20(14-16-6-2-1-3-7-16)28-24(29)19-8-4-5-9-21(19)31-28/h1-13,20H,14H2. The first kappa shape index (κ1) is 19.0. The number of benzene rings is 3. The van der Waals surface area contributed by atoms with Crippen molar-refractivity contribution in [3.63, 3.8) is 0 Å². The van der Waals surface area contributed by atoms with E-state index >= 15 is 0 Å². The van der Waals surface area contributed by atoms with E-state index in [0.717, 1.165) is 15.8 Å². The predicted octanol–water partition coefficient (Wildman–Crippen LogP) is 4.82. The molecule has 3 aromatic carbocycles. The van der Waals surface area contributed by atoms with Crippen molar-refractivity contribution in [3.05, 3.63) is 106 Å². The number of nitriles is 1. The molecular formula is C24H16N4O2S. The minimum atomic E-state index is -0.424. The molecule has 2 aromatic heterocycles. The van der Waals surface area contributed by atoms with Crippen LogP contribution in [-0.2, 0) is 6.42 Å². The van der Waals surface area contributed by atoms with E-state index in [-0.39, 0.29) is 5.56 Å². The number of aromatic nitrogens is 3. The Morgan fingerprint density at radius 3 is 2.45 bits per heavy atom. The van der Waals surface area contributed by atoms with Crippen LogP contribution in [-0.4, -0.2) is 14.2 Å². The van der Waals surface area contributed by atoms with Gasteiger partial charge in [-0.05, 0) is 42.0 Å². The topological polar surface area (TPSA) is 84.7 Å². The summed E-state index contributed by atoms with van der Waals surface area (Å²) in [6.45, 7) is 0. The van der Waals surface area contributed by atoms with Crippen LogP contribution >= 0.6 is 11.5 Å². The molecule has 31 heavy (non-hydrogen) atoms. The van der Waals surface area contributed by atoms with Gasteiger partial charge in [0.2, 0.25) is 11.8 Å². The molecule has 6 nitrogen and oxygen atoms in total. The van der Waals surface area contributed by atoms with Gasteiger partial charge in [-0.15, -0.1) is 10.2 Å². The van der Waals surface area contributed by atoms with E-state index in [1.165, 1.54) is 11.5 Å². The summed E-state index contributed by atoms with van der Waals surface area (Å²) in [7, 11) is 0. The molecule has 0 radical (unpaired) electrons. The molecule has 5 aromatic rings. The minimum absolute atomic E-state index is 0.0698. The third-order valence-corrected chi connectivity index (χ3v) is 6.23. The second-order valence-corrected chi connectivity index (χ2v) is 8.07. The van der Waals surface area contributed by atoms with Crippen LogP contribution in [0.1, 0.15) is 23.1 Å². The van der Waals surface area contributed by atoms with Crippen molar-refractivity contribution in [2.45, 2.75) is 12.5 Å². The Bertz CT molecular complexity index is 1440. The molecule has 0 aliphatic rings. The highest BCUT2D eigenvalue weighted by atomic mass is 32.1. The van der Waals surface area contributed by atoms with Crippen molar-refractivity contribution in [2.24, 2.45) is 0 Å². The highest BCUT2D eigenvalue weighted by Gasteiger charge is 2.25. The van der Waals surface area contributed by atoms with Crippen molar-refractivity contribution < 1.29 is 4.42 Å². The van der Waals surface area contributed by atoms with Crippen molar-refractivity contribution in [1.29, 1.82) is 5.26 Å². The molecule has 0 spiro atoms. The van der Waals surface area contributed by atoms with Crippen LogP contribution in [0.4, 0.5) is 0 Å². The van der Waals surface area contributed by atoms with Gasteiger partial charge in [-0.25, -0.2) is 0 Å². The molecule has 1 unspecified atom stereocenters. The van der Waals surface area contributed by atoms with Crippen LogP contribution in [0.2, 0.25) is 0 Å². The van der Waals surface area contributed by atoms with Gasteiger partial charge in [0.1, 0.15) is 6.04 Å². The first-order valence-corrected chi connectivity index (χ1v) is 10.5. The summed E-state index contributed by atoms with van der Waals surface area (Å²) in [5.41, 5.74) is 2.27. The van der Waals surface area contributed by atoms with Gasteiger partial charge in [-0.3, -0.25) is 8.75 Å². The summed E-state index contributed by atoms with van der Waals surface area (Å²) in [6, 6.07) is 26.1. The quantitative estimate of drug-likeness (QED) is 0.404. The Balaban J connectivity index is 1.59. The van der Waals surface area contributed by atoms with Crippen LogP contribution in [0.5, 0.6) is 0 Å². The number of hydrogen-bond acceptors (Lipinski definition) is 6. The van der Waals surface area contributed by atoms with Crippen LogP contribution in [0.25, 0.3) is 21.5 Å². The zero-order valence-corrected chi connectivity index (χ0v) is 17.1. The zero-order valence-electron chi connectivity index (χ0n) is 16.3. The molecule has 150 valence electrons. The average molecular weight is 424 g/mol. The van der Waals surface area contributed by atoms with Crippen LogP contribution in [0.3, 0.4) is 0 Å². The Hall–Kier alpha value is -4.02. The van der Waals surface area contributed by atoms with E-state index < -0.39 is 6.04 Å². The van der Waals surface area contributed by atoms with Crippen LogP contribution < -0.4 is 5.56 Å². The average Bonchev–Trinajstić information content (AvgIpc) is 3.44. The largest absolute Gasteiger partial charge is 0.418 e. The van der Waals surface area contributed by atoms with Crippen molar-refractivity contribution in [2.75, 3.05) is 0 Å². The van der Waals surface area contributed by atoms with Gasteiger partial charge in [-0.1, -0.05) is 54.0 Å². The molecule has 0 amide bonds. The smallest absolute Gasteiger partial charge is 0.269 e. The fraction of sp³-hybridized carbons (Fsp3) is 0.0833. The molecule has 0 N–H and O–H groups in total. The Morgan fingerprint density at radius 1 is 0.968 bits per heavy atom. The molecule has 0 bridgehead atoms. The fourth-order valence-electron chi connectivity index (χ4n) is 3.48. The third kappa shape index (κ3) is 3.65. The predicted molar refractivity (Wildman–Crippen MR) is 119 cm³/mol. The van der Waals surface area contributed by atoms with Gasteiger partial charge < -0.3 is 4.42 Å². The van der Waals surface area contributed by atoms with Gasteiger partial charge >= 0.3 is 0 Å². The fourth-order valence-corrected chi connectivity index (χ4v) is 4.55. The van der Waals surface area contributed by atoms with E-state index in [9.17, 15) is 4.79 Å².